The Labute approximate surface area is 52.0 Å². The minimum absolute atomic E-state index is 1.08. The van der Waals surface area contributed by atoms with Crippen LogP contribution in [-0.4, -0.2) is 0 Å². The van der Waals surface area contributed by atoms with Gasteiger partial charge in [-0.25, -0.2) is 0 Å². The highest BCUT2D eigenvalue weighted by atomic mass is 79.9. The van der Waals surface area contributed by atoms with E-state index in [2.05, 4.69) is 15.9 Å². The van der Waals surface area contributed by atoms with Crippen molar-refractivity contribution < 1.29 is 0 Å². The van der Waals surface area contributed by atoms with Crippen molar-refractivity contribution >= 4 is 15.9 Å². The third-order valence-electron chi connectivity index (χ3n) is 0.437. The van der Waals surface area contributed by atoms with Crippen molar-refractivity contribution in [3.05, 3.63) is 22.8 Å². The summed E-state index contributed by atoms with van der Waals surface area (Å²) in [4.78, 5) is 0. The summed E-state index contributed by atoms with van der Waals surface area (Å²) in [6, 6.07) is 0. The van der Waals surface area contributed by atoms with E-state index < -0.39 is 0 Å². The van der Waals surface area contributed by atoms with Crippen molar-refractivity contribution in [3.63, 3.8) is 0 Å². The Morgan fingerprint density at radius 3 is 2.43 bits per heavy atom. The molecular formula is C5H8BrN. The molecule has 0 saturated heterocycles. The lowest BCUT2D eigenvalue weighted by Crippen LogP contribution is -1.72. The van der Waals surface area contributed by atoms with Gasteiger partial charge in [0.15, 0.2) is 0 Å². The Morgan fingerprint density at radius 2 is 2.29 bits per heavy atom. The average Bonchev–Trinajstić information content (AvgIpc) is 1.61. The highest BCUT2D eigenvalue weighted by molar-refractivity contribution is 9.11. The van der Waals surface area contributed by atoms with Crippen molar-refractivity contribution in [2.45, 2.75) is 6.92 Å². The summed E-state index contributed by atoms with van der Waals surface area (Å²) in [5.41, 5.74) is 5.03. The summed E-state index contributed by atoms with van der Waals surface area (Å²) in [6.07, 6.45) is 5.13. The predicted octanol–water partition coefficient (Wildman–Crippen LogP) is 1.76. The topological polar surface area (TPSA) is 26.0 Å². The number of nitrogens with two attached hydrogens (primary N) is 1. The maximum absolute atomic E-state index is 5.03. The average molecular weight is 162 g/mol. The molecule has 0 rings (SSSR count). The van der Waals surface area contributed by atoms with Gasteiger partial charge in [-0.1, -0.05) is 22.0 Å². The zero-order valence-electron chi connectivity index (χ0n) is 4.19. The van der Waals surface area contributed by atoms with Crippen LogP contribution in [0.25, 0.3) is 0 Å². The Bertz CT molecular complexity index is 90.3. The van der Waals surface area contributed by atoms with Crippen LogP contribution in [0.4, 0.5) is 0 Å². The van der Waals surface area contributed by atoms with Gasteiger partial charge in [-0.15, -0.1) is 0 Å². The molecule has 0 aromatic heterocycles. The molecule has 0 aliphatic carbocycles. The molecule has 0 aromatic carbocycles. The van der Waals surface area contributed by atoms with E-state index in [1.54, 1.807) is 6.08 Å². The lowest BCUT2D eigenvalue weighted by Gasteiger charge is -1.75. The van der Waals surface area contributed by atoms with Crippen LogP contribution < -0.4 is 5.73 Å². The summed E-state index contributed by atoms with van der Waals surface area (Å²) < 4.78 is 1.08. The highest BCUT2D eigenvalue weighted by Gasteiger charge is 1.68. The molecule has 7 heavy (non-hydrogen) atoms. The molecule has 2 N–H and O–H groups in total. The van der Waals surface area contributed by atoms with Crippen LogP contribution in [0.1, 0.15) is 6.92 Å². The van der Waals surface area contributed by atoms with E-state index >= 15 is 0 Å². The zero-order valence-corrected chi connectivity index (χ0v) is 5.77. The summed E-state index contributed by atoms with van der Waals surface area (Å²) in [5.74, 6) is 0. The van der Waals surface area contributed by atoms with Gasteiger partial charge in [0.1, 0.15) is 0 Å². The number of hydrogen-bond donors (Lipinski definition) is 1. The molecule has 0 unspecified atom stereocenters. The Kier molecular flexibility index (Phi) is 3.80. The van der Waals surface area contributed by atoms with Crippen LogP contribution >= 0.6 is 15.9 Å². The van der Waals surface area contributed by atoms with E-state index in [0.717, 1.165) is 4.48 Å². The second-order valence-corrected chi connectivity index (χ2v) is 2.39. The van der Waals surface area contributed by atoms with Gasteiger partial charge in [0.25, 0.3) is 0 Å². The van der Waals surface area contributed by atoms with Crippen molar-refractivity contribution in [1.29, 1.82) is 0 Å². The number of rotatable bonds is 1. The molecule has 0 spiro atoms. The van der Waals surface area contributed by atoms with Gasteiger partial charge < -0.3 is 5.73 Å². The third kappa shape index (κ3) is 5.76. The van der Waals surface area contributed by atoms with Gasteiger partial charge in [-0.2, -0.15) is 0 Å². The Balaban J connectivity index is 3.46. The van der Waals surface area contributed by atoms with Gasteiger partial charge in [0.05, 0.1) is 0 Å². The molecule has 0 aromatic rings. The minimum atomic E-state index is 1.08. The first-order valence-corrected chi connectivity index (χ1v) is 2.77. The lowest BCUT2D eigenvalue weighted by atomic mass is 10.5. The van der Waals surface area contributed by atoms with Crippen LogP contribution in [0.15, 0.2) is 22.8 Å². The van der Waals surface area contributed by atoms with Gasteiger partial charge in [-0.05, 0) is 23.7 Å². The van der Waals surface area contributed by atoms with Crippen LogP contribution in [0.2, 0.25) is 0 Å². The van der Waals surface area contributed by atoms with Crippen LogP contribution in [0.5, 0.6) is 0 Å². The minimum Gasteiger partial charge on any atom is -0.405 e. The maximum atomic E-state index is 5.03. The van der Waals surface area contributed by atoms with E-state index in [-0.39, 0.29) is 0 Å². The Hall–Kier alpha value is -0.240. The molecular weight excluding hydrogens is 154 g/mol. The predicted molar refractivity (Wildman–Crippen MR) is 36.0 cm³/mol. The molecule has 0 heterocycles. The van der Waals surface area contributed by atoms with Gasteiger partial charge in [0, 0.05) is 0 Å². The first-order valence-electron chi connectivity index (χ1n) is 1.98. The molecule has 0 amide bonds. The molecule has 0 aliphatic rings. The molecule has 2 heteroatoms. The summed E-state index contributed by atoms with van der Waals surface area (Å²) >= 11 is 3.23. The number of hydrogen-bond acceptors (Lipinski definition) is 1. The van der Waals surface area contributed by atoms with Gasteiger partial charge >= 0.3 is 0 Å². The van der Waals surface area contributed by atoms with Crippen LogP contribution in [0, 0.1) is 0 Å². The molecule has 0 fully saturated rings. The fourth-order valence-electron chi connectivity index (χ4n) is 0.188. The van der Waals surface area contributed by atoms with Gasteiger partial charge in [0.2, 0.25) is 0 Å². The number of halogens is 1. The monoisotopic (exact) mass is 161 g/mol. The quantitative estimate of drug-likeness (QED) is 0.584. The highest BCUT2D eigenvalue weighted by Crippen LogP contribution is 2.00. The van der Waals surface area contributed by atoms with E-state index in [9.17, 15) is 0 Å². The molecule has 1 nitrogen and oxygen atoms in total. The third-order valence-corrected chi connectivity index (χ3v) is 0.701. The van der Waals surface area contributed by atoms with Crippen molar-refractivity contribution in [2.24, 2.45) is 5.73 Å². The molecule has 0 radical (unpaired) electrons. The zero-order chi connectivity index (χ0) is 5.70. The normalized spacial score (nSPS) is 13.1. The standard InChI is InChI=1S/C5H8BrN/c1-5(6)3-2-4-7/h2-4H,7H2,1H3/b4-2-,5-3+. The Morgan fingerprint density at radius 1 is 1.71 bits per heavy atom. The fourth-order valence-corrected chi connectivity index (χ4v) is 0.341. The first-order chi connectivity index (χ1) is 3.27. The molecule has 0 atom stereocenters. The SMILES string of the molecule is C/C(Br)=C\C=C/N. The first kappa shape index (κ1) is 6.76. The lowest BCUT2D eigenvalue weighted by molar-refractivity contribution is 1.59. The van der Waals surface area contributed by atoms with E-state index in [1.807, 2.05) is 13.0 Å². The van der Waals surface area contributed by atoms with Gasteiger partial charge in [-0.3, -0.25) is 0 Å². The van der Waals surface area contributed by atoms with Crippen molar-refractivity contribution in [3.8, 4) is 0 Å². The summed E-state index contributed by atoms with van der Waals surface area (Å²) in [5, 5.41) is 0. The molecule has 0 bridgehead atoms. The van der Waals surface area contributed by atoms with Crippen LogP contribution in [0.3, 0.4) is 0 Å². The molecule has 0 aliphatic heterocycles. The largest absolute Gasteiger partial charge is 0.405 e. The molecule has 40 valence electrons. The van der Waals surface area contributed by atoms with E-state index in [4.69, 9.17) is 5.73 Å². The summed E-state index contributed by atoms with van der Waals surface area (Å²) in [6.45, 7) is 1.94. The fraction of sp³-hybridized carbons (Fsp3) is 0.200. The van der Waals surface area contributed by atoms with Crippen molar-refractivity contribution in [1.82, 2.24) is 0 Å². The second-order valence-electron chi connectivity index (χ2n) is 1.14. The van der Waals surface area contributed by atoms with E-state index in [0.29, 0.717) is 0 Å². The smallest absolute Gasteiger partial charge is 0.00621 e. The number of allylic oxidation sites excluding steroid dienone is 3. The summed E-state index contributed by atoms with van der Waals surface area (Å²) in [7, 11) is 0. The van der Waals surface area contributed by atoms with Crippen LogP contribution in [-0.2, 0) is 0 Å². The maximum Gasteiger partial charge on any atom is -0.00621 e. The second kappa shape index (κ2) is 3.93. The van der Waals surface area contributed by atoms with E-state index in [1.165, 1.54) is 6.20 Å². The molecule has 0 saturated carbocycles. The van der Waals surface area contributed by atoms with Crippen molar-refractivity contribution in [2.75, 3.05) is 0 Å².